The van der Waals surface area contributed by atoms with E-state index >= 15 is 0 Å². The van der Waals surface area contributed by atoms with E-state index in [-0.39, 0.29) is 5.82 Å². The zero-order chi connectivity index (χ0) is 13.5. The van der Waals surface area contributed by atoms with Crippen LogP contribution in [0.2, 0.25) is 0 Å². The minimum atomic E-state index is -0.232. The summed E-state index contributed by atoms with van der Waals surface area (Å²) in [7, 11) is 0. The Balaban J connectivity index is 2.34. The van der Waals surface area contributed by atoms with Crippen molar-refractivity contribution in [2.45, 2.75) is 12.8 Å². The molecule has 0 aliphatic heterocycles. The van der Waals surface area contributed by atoms with E-state index in [1.54, 1.807) is 18.3 Å². The van der Waals surface area contributed by atoms with Crippen LogP contribution in [0.3, 0.4) is 0 Å². The highest BCUT2D eigenvalue weighted by molar-refractivity contribution is 6.17. The molecular weight excluding hydrogens is 261 g/mol. The Morgan fingerprint density at radius 2 is 1.95 bits per heavy atom. The molecule has 0 radical (unpaired) electrons. The van der Waals surface area contributed by atoms with Crippen LogP contribution < -0.4 is 0 Å². The van der Waals surface area contributed by atoms with Crippen molar-refractivity contribution in [1.29, 1.82) is 0 Å². The number of unbranched alkanes of at least 4 members (excludes halogenated alkanes) is 1. The molecule has 1 aromatic carbocycles. The molecular formula is C16H15ClFN. The van der Waals surface area contributed by atoms with Crippen molar-refractivity contribution in [3.8, 4) is 0 Å². The molecule has 0 fully saturated rings. The molecule has 0 atom stereocenters. The molecule has 0 amide bonds. The first kappa shape index (κ1) is 13.8. The molecule has 0 bridgehead atoms. The van der Waals surface area contributed by atoms with Gasteiger partial charge in [0, 0.05) is 17.6 Å². The third-order valence-electron chi connectivity index (χ3n) is 2.78. The lowest BCUT2D eigenvalue weighted by atomic mass is 10.0. The van der Waals surface area contributed by atoms with E-state index in [4.69, 9.17) is 11.6 Å². The number of aromatic nitrogens is 1. The number of hydrogen-bond donors (Lipinski definition) is 0. The summed E-state index contributed by atoms with van der Waals surface area (Å²) in [5.41, 5.74) is 2.88. The Hall–Kier alpha value is -1.67. The molecule has 0 saturated carbocycles. The third-order valence-corrected chi connectivity index (χ3v) is 3.05. The van der Waals surface area contributed by atoms with Gasteiger partial charge in [-0.05, 0) is 42.7 Å². The van der Waals surface area contributed by atoms with Crippen molar-refractivity contribution >= 4 is 17.2 Å². The molecule has 1 heterocycles. The molecule has 0 saturated heterocycles. The van der Waals surface area contributed by atoms with Gasteiger partial charge in [0.05, 0.1) is 5.69 Å². The van der Waals surface area contributed by atoms with Crippen LogP contribution in [0.1, 0.15) is 24.1 Å². The lowest BCUT2D eigenvalue weighted by Gasteiger charge is -2.07. The topological polar surface area (TPSA) is 12.9 Å². The Labute approximate surface area is 117 Å². The fourth-order valence-electron chi connectivity index (χ4n) is 1.85. The average Bonchev–Trinajstić information content (AvgIpc) is 2.46. The minimum Gasteiger partial charge on any atom is -0.256 e. The van der Waals surface area contributed by atoms with Crippen LogP contribution in [0.15, 0.2) is 54.7 Å². The fraction of sp³-hybridized carbons (Fsp3) is 0.188. The normalized spacial score (nSPS) is 11.6. The first-order valence-electron chi connectivity index (χ1n) is 6.25. The van der Waals surface area contributed by atoms with E-state index in [0.29, 0.717) is 5.88 Å². The maximum atomic E-state index is 13.0. The Morgan fingerprint density at radius 3 is 2.58 bits per heavy atom. The fourth-order valence-corrected chi connectivity index (χ4v) is 2.00. The van der Waals surface area contributed by atoms with Crippen LogP contribution in [0.25, 0.3) is 5.57 Å². The van der Waals surface area contributed by atoms with Gasteiger partial charge >= 0.3 is 0 Å². The summed E-state index contributed by atoms with van der Waals surface area (Å²) < 4.78 is 13.0. The molecule has 0 unspecified atom stereocenters. The van der Waals surface area contributed by atoms with E-state index in [9.17, 15) is 4.39 Å². The number of allylic oxidation sites excluding steroid dienone is 1. The minimum absolute atomic E-state index is 0.232. The van der Waals surface area contributed by atoms with Crippen LogP contribution in [-0.2, 0) is 0 Å². The first-order valence-corrected chi connectivity index (χ1v) is 6.78. The summed E-state index contributed by atoms with van der Waals surface area (Å²) in [4.78, 5) is 4.36. The molecule has 19 heavy (non-hydrogen) atoms. The maximum Gasteiger partial charge on any atom is 0.123 e. The number of nitrogens with zero attached hydrogens (tertiary/aromatic N) is 1. The highest BCUT2D eigenvalue weighted by Crippen LogP contribution is 2.22. The lowest BCUT2D eigenvalue weighted by Crippen LogP contribution is -1.92. The predicted octanol–water partition coefficient (Wildman–Crippen LogP) is 4.67. The quantitative estimate of drug-likeness (QED) is 0.571. The summed E-state index contributed by atoms with van der Waals surface area (Å²) in [6, 6.07) is 12.3. The second kappa shape index (κ2) is 7.05. The van der Waals surface area contributed by atoms with Crippen LogP contribution in [0.4, 0.5) is 4.39 Å². The molecule has 1 nitrogen and oxygen atoms in total. The van der Waals surface area contributed by atoms with Gasteiger partial charge in [-0.2, -0.15) is 0 Å². The second-order valence-electron chi connectivity index (χ2n) is 4.17. The van der Waals surface area contributed by atoms with Gasteiger partial charge in [-0.15, -0.1) is 11.6 Å². The number of benzene rings is 1. The number of alkyl halides is 1. The van der Waals surface area contributed by atoms with Gasteiger partial charge in [-0.25, -0.2) is 4.39 Å². The molecule has 0 spiro atoms. The van der Waals surface area contributed by atoms with Crippen molar-refractivity contribution in [3.05, 3.63) is 71.8 Å². The zero-order valence-corrected chi connectivity index (χ0v) is 11.3. The molecule has 0 aliphatic carbocycles. The number of pyridine rings is 1. The van der Waals surface area contributed by atoms with Crippen molar-refractivity contribution in [2.24, 2.45) is 0 Å². The van der Waals surface area contributed by atoms with Crippen molar-refractivity contribution < 1.29 is 4.39 Å². The van der Waals surface area contributed by atoms with Gasteiger partial charge in [-0.1, -0.05) is 24.3 Å². The largest absolute Gasteiger partial charge is 0.256 e. The molecule has 2 rings (SSSR count). The lowest BCUT2D eigenvalue weighted by molar-refractivity contribution is 0.627. The molecule has 0 N–H and O–H groups in total. The van der Waals surface area contributed by atoms with Crippen molar-refractivity contribution in [2.75, 3.05) is 5.88 Å². The predicted molar refractivity (Wildman–Crippen MR) is 77.7 cm³/mol. The SMILES string of the molecule is Fc1ccc(/C(=C/CCCCl)c2ccccn2)cc1. The summed E-state index contributed by atoms with van der Waals surface area (Å²) >= 11 is 5.70. The second-order valence-corrected chi connectivity index (χ2v) is 4.55. The number of hydrogen-bond acceptors (Lipinski definition) is 1. The monoisotopic (exact) mass is 275 g/mol. The van der Waals surface area contributed by atoms with Crippen LogP contribution in [0.5, 0.6) is 0 Å². The smallest absolute Gasteiger partial charge is 0.123 e. The highest BCUT2D eigenvalue weighted by atomic mass is 35.5. The Kier molecular flexibility index (Phi) is 5.10. The molecule has 1 aromatic heterocycles. The van der Waals surface area contributed by atoms with Crippen molar-refractivity contribution in [1.82, 2.24) is 4.98 Å². The summed E-state index contributed by atoms with van der Waals surface area (Å²) in [5.74, 6) is 0.403. The van der Waals surface area contributed by atoms with Crippen LogP contribution in [-0.4, -0.2) is 10.9 Å². The van der Waals surface area contributed by atoms with Crippen LogP contribution >= 0.6 is 11.6 Å². The van der Waals surface area contributed by atoms with Gasteiger partial charge in [0.2, 0.25) is 0 Å². The average molecular weight is 276 g/mol. The molecule has 2 aromatic rings. The van der Waals surface area contributed by atoms with Gasteiger partial charge in [0.25, 0.3) is 0 Å². The summed E-state index contributed by atoms with van der Waals surface area (Å²) in [6.45, 7) is 0. The van der Waals surface area contributed by atoms with E-state index in [1.807, 2.05) is 18.2 Å². The van der Waals surface area contributed by atoms with E-state index in [1.165, 1.54) is 12.1 Å². The number of halogens is 2. The van der Waals surface area contributed by atoms with Crippen molar-refractivity contribution in [3.63, 3.8) is 0 Å². The van der Waals surface area contributed by atoms with Gasteiger partial charge in [-0.3, -0.25) is 4.98 Å². The van der Waals surface area contributed by atoms with E-state index in [2.05, 4.69) is 11.1 Å². The first-order chi connectivity index (χ1) is 9.31. The zero-order valence-electron chi connectivity index (χ0n) is 10.5. The van der Waals surface area contributed by atoms with E-state index in [0.717, 1.165) is 29.7 Å². The third kappa shape index (κ3) is 3.90. The van der Waals surface area contributed by atoms with Crippen LogP contribution in [0, 0.1) is 5.82 Å². The maximum absolute atomic E-state index is 13.0. The molecule has 3 heteroatoms. The van der Waals surface area contributed by atoms with Gasteiger partial charge < -0.3 is 0 Å². The molecule has 0 aliphatic rings. The molecule has 98 valence electrons. The van der Waals surface area contributed by atoms with Gasteiger partial charge in [0.15, 0.2) is 0 Å². The van der Waals surface area contributed by atoms with E-state index < -0.39 is 0 Å². The summed E-state index contributed by atoms with van der Waals surface area (Å²) in [6.07, 6.45) is 5.66. The Morgan fingerprint density at radius 1 is 1.16 bits per heavy atom. The standard InChI is InChI=1S/C16H15ClFN/c17-11-3-1-5-15(16-6-2-4-12-19-16)13-7-9-14(18)10-8-13/h2,4-10,12H,1,3,11H2/b15-5-. The number of rotatable bonds is 5. The Bertz CT molecular complexity index is 534. The summed E-state index contributed by atoms with van der Waals surface area (Å²) in [5, 5.41) is 0. The van der Waals surface area contributed by atoms with Gasteiger partial charge in [0.1, 0.15) is 5.82 Å². The highest BCUT2D eigenvalue weighted by Gasteiger charge is 2.05.